The van der Waals surface area contributed by atoms with Crippen molar-refractivity contribution >= 4 is 16.9 Å². The van der Waals surface area contributed by atoms with Gasteiger partial charge in [0.15, 0.2) is 5.43 Å². The van der Waals surface area contributed by atoms with E-state index in [9.17, 15) is 9.59 Å². The topological polar surface area (TPSA) is 62.4 Å². The summed E-state index contributed by atoms with van der Waals surface area (Å²) in [5.74, 6) is -0.389. The van der Waals surface area contributed by atoms with Gasteiger partial charge in [-0.2, -0.15) is 0 Å². The molecule has 2 aromatic rings. The van der Waals surface area contributed by atoms with Crippen molar-refractivity contribution in [3.05, 3.63) is 45.2 Å². The summed E-state index contributed by atoms with van der Waals surface area (Å²) in [5.41, 5.74) is 3.62. The van der Waals surface area contributed by atoms with Crippen molar-refractivity contribution in [2.24, 2.45) is 10.8 Å². The minimum absolute atomic E-state index is 0.0215. The molecule has 1 aromatic carbocycles. The first-order valence-electron chi connectivity index (χ1n) is 10.7. The highest BCUT2D eigenvalue weighted by Crippen LogP contribution is 2.52. The number of H-pyrrole nitrogens is 1. The van der Waals surface area contributed by atoms with Crippen molar-refractivity contribution in [3.63, 3.8) is 0 Å². The average molecular weight is 397 g/mol. The molecule has 1 N–H and O–H groups in total. The van der Waals surface area contributed by atoms with E-state index in [1.807, 2.05) is 6.92 Å². The minimum atomic E-state index is -0.389. The maximum absolute atomic E-state index is 13.4. The van der Waals surface area contributed by atoms with E-state index in [1.165, 1.54) is 19.3 Å². The number of aromatic amines is 1. The van der Waals surface area contributed by atoms with E-state index in [2.05, 4.69) is 30.7 Å². The third-order valence-corrected chi connectivity index (χ3v) is 6.71. The zero-order valence-corrected chi connectivity index (χ0v) is 18.2. The molecule has 1 saturated heterocycles. The number of ether oxygens (including phenoxy) is 1. The highest BCUT2D eigenvalue weighted by molar-refractivity contribution is 5.94. The summed E-state index contributed by atoms with van der Waals surface area (Å²) in [6, 6.07) is 5.71. The van der Waals surface area contributed by atoms with Gasteiger partial charge in [-0.1, -0.05) is 20.8 Å². The number of nitrogens with one attached hydrogen (secondary N) is 1. The Morgan fingerprint density at radius 2 is 2.03 bits per heavy atom. The molecule has 4 rings (SSSR count). The molecule has 156 valence electrons. The van der Waals surface area contributed by atoms with Crippen LogP contribution >= 0.6 is 0 Å². The highest BCUT2D eigenvalue weighted by atomic mass is 16.5. The average Bonchev–Trinajstić information content (AvgIpc) is 2.86. The van der Waals surface area contributed by atoms with Crippen LogP contribution < -0.4 is 5.43 Å². The summed E-state index contributed by atoms with van der Waals surface area (Å²) < 4.78 is 5.10. The van der Waals surface area contributed by atoms with E-state index < -0.39 is 0 Å². The number of benzene rings is 1. The Balaban J connectivity index is 1.69. The number of carbonyl (C=O) groups is 1. The van der Waals surface area contributed by atoms with E-state index in [0.717, 1.165) is 23.3 Å². The van der Waals surface area contributed by atoms with Crippen LogP contribution in [0.1, 0.15) is 68.6 Å². The molecule has 1 aliphatic heterocycles. The number of likely N-dealkylation sites (tertiary alicyclic amines) is 1. The van der Waals surface area contributed by atoms with Crippen LogP contribution in [0.15, 0.2) is 23.0 Å². The molecule has 1 saturated carbocycles. The number of aromatic nitrogens is 1. The van der Waals surface area contributed by atoms with Crippen molar-refractivity contribution in [2.45, 2.75) is 66.5 Å². The monoisotopic (exact) mass is 396 g/mol. The SMILES string of the molecule is CCOC(=O)c1ccc2[nH]c(C)c(CN3C[C@]4(C)C[C@@H]3CC(C)(C)C4)c(=O)c2c1. The molecule has 0 spiro atoms. The molecule has 0 radical (unpaired) electrons. The molecule has 0 amide bonds. The number of hydrogen-bond acceptors (Lipinski definition) is 4. The second-order valence-corrected chi connectivity index (χ2v) is 10.2. The lowest BCUT2D eigenvalue weighted by Crippen LogP contribution is -2.35. The lowest BCUT2D eigenvalue weighted by Gasteiger charge is -2.40. The van der Waals surface area contributed by atoms with Crippen LogP contribution in [-0.4, -0.2) is 35.0 Å². The molecule has 2 heterocycles. The third kappa shape index (κ3) is 3.73. The lowest BCUT2D eigenvalue weighted by atomic mass is 9.65. The van der Waals surface area contributed by atoms with Crippen molar-refractivity contribution in [1.82, 2.24) is 9.88 Å². The summed E-state index contributed by atoms with van der Waals surface area (Å²) in [7, 11) is 0. The molecule has 5 heteroatoms. The van der Waals surface area contributed by atoms with E-state index in [4.69, 9.17) is 4.74 Å². The Labute approximate surface area is 172 Å². The first kappa shape index (κ1) is 20.1. The summed E-state index contributed by atoms with van der Waals surface area (Å²) in [6.45, 7) is 12.9. The van der Waals surface area contributed by atoms with Crippen molar-refractivity contribution in [2.75, 3.05) is 13.2 Å². The van der Waals surface area contributed by atoms with Gasteiger partial charge < -0.3 is 9.72 Å². The van der Waals surface area contributed by atoms with E-state index >= 15 is 0 Å². The van der Waals surface area contributed by atoms with Crippen molar-refractivity contribution in [3.8, 4) is 0 Å². The number of fused-ring (bicyclic) bond motifs is 3. The molecular weight excluding hydrogens is 364 g/mol. The standard InChI is InChI=1S/C24H32N2O3/c1-6-29-22(28)16-7-8-20-18(9-16)21(27)19(15(2)25-20)12-26-14-24(5)11-17(26)10-23(3,4)13-24/h7-9,17H,6,10-14H2,1-5H3,(H,25,27)/t17-,24+/m0/s1. The van der Waals surface area contributed by atoms with Gasteiger partial charge in [-0.15, -0.1) is 0 Å². The number of hydrogen-bond donors (Lipinski definition) is 1. The van der Waals surface area contributed by atoms with Crippen LogP contribution in [0.2, 0.25) is 0 Å². The Hall–Kier alpha value is -2.14. The summed E-state index contributed by atoms with van der Waals surface area (Å²) in [5, 5.41) is 0.560. The van der Waals surface area contributed by atoms with Crippen molar-refractivity contribution in [1.29, 1.82) is 0 Å². The molecule has 2 bridgehead atoms. The molecule has 0 unspecified atom stereocenters. The molecule has 2 atom stereocenters. The normalized spacial score (nSPS) is 26.0. The van der Waals surface area contributed by atoms with Gasteiger partial charge in [-0.25, -0.2) is 4.79 Å². The first-order chi connectivity index (χ1) is 13.6. The lowest BCUT2D eigenvalue weighted by molar-refractivity contribution is 0.0526. The fourth-order valence-electron chi connectivity index (χ4n) is 5.95. The van der Waals surface area contributed by atoms with Gasteiger partial charge in [0.05, 0.1) is 12.2 Å². The second-order valence-electron chi connectivity index (χ2n) is 10.2. The van der Waals surface area contributed by atoms with Crippen LogP contribution in [0.5, 0.6) is 0 Å². The van der Waals surface area contributed by atoms with E-state index in [0.29, 0.717) is 41.0 Å². The number of pyridine rings is 1. The van der Waals surface area contributed by atoms with Crippen LogP contribution in [0.4, 0.5) is 0 Å². The van der Waals surface area contributed by atoms with Gasteiger partial charge in [0, 0.05) is 41.3 Å². The van der Waals surface area contributed by atoms with E-state index in [-0.39, 0.29) is 11.4 Å². The molecule has 5 nitrogen and oxygen atoms in total. The van der Waals surface area contributed by atoms with Gasteiger partial charge in [-0.3, -0.25) is 9.69 Å². The quantitative estimate of drug-likeness (QED) is 0.778. The van der Waals surface area contributed by atoms with Crippen LogP contribution in [0.25, 0.3) is 10.9 Å². The minimum Gasteiger partial charge on any atom is -0.462 e. The Kier molecular flexibility index (Phi) is 4.85. The first-order valence-corrected chi connectivity index (χ1v) is 10.7. The fraction of sp³-hybridized carbons (Fsp3) is 0.583. The number of esters is 1. The van der Waals surface area contributed by atoms with Gasteiger partial charge in [0.1, 0.15) is 0 Å². The Morgan fingerprint density at radius 3 is 2.76 bits per heavy atom. The fourth-order valence-corrected chi connectivity index (χ4v) is 5.95. The predicted molar refractivity (Wildman–Crippen MR) is 115 cm³/mol. The maximum atomic E-state index is 13.4. The smallest absolute Gasteiger partial charge is 0.338 e. The molecule has 2 fully saturated rings. The van der Waals surface area contributed by atoms with Gasteiger partial charge in [0.25, 0.3) is 0 Å². The van der Waals surface area contributed by atoms with Crippen molar-refractivity contribution < 1.29 is 9.53 Å². The summed E-state index contributed by atoms with van der Waals surface area (Å²) in [6.07, 6.45) is 3.64. The summed E-state index contributed by atoms with van der Waals surface area (Å²) in [4.78, 5) is 31.4. The maximum Gasteiger partial charge on any atom is 0.338 e. The van der Waals surface area contributed by atoms with Crippen LogP contribution in [0, 0.1) is 17.8 Å². The number of rotatable bonds is 4. The zero-order valence-electron chi connectivity index (χ0n) is 18.2. The molecule has 29 heavy (non-hydrogen) atoms. The Morgan fingerprint density at radius 1 is 1.28 bits per heavy atom. The number of nitrogens with zero attached hydrogens (tertiary/aromatic N) is 1. The number of carbonyl (C=O) groups excluding carboxylic acids is 1. The van der Waals surface area contributed by atoms with Gasteiger partial charge in [0.2, 0.25) is 0 Å². The van der Waals surface area contributed by atoms with Crippen LogP contribution in [0.3, 0.4) is 0 Å². The molecule has 1 aromatic heterocycles. The van der Waals surface area contributed by atoms with Gasteiger partial charge >= 0.3 is 5.97 Å². The highest BCUT2D eigenvalue weighted by Gasteiger charge is 2.49. The summed E-state index contributed by atoms with van der Waals surface area (Å²) >= 11 is 0. The van der Waals surface area contributed by atoms with Gasteiger partial charge in [-0.05, 0) is 62.1 Å². The third-order valence-electron chi connectivity index (χ3n) is 6.71. The predicted octanol–water partition coefficient (Wildman–Crippen LogP) is 4.41. The van der Waals surface area contributed by atoms with Crippen LogP contribution in [-0.2, 0) is 11.3 Å². The number of aryl methyl sites for hydroxylation is 1. The molecule has 1 aliphatic carbocycles. The Bertz CT molecular complexity index is 1020. The zero-order chi connectivity index (χ0) is 21.0. The molecule has 2 aliphatic rings. The second kappa shape index (κ2) is 6.98. The molecular formula is C24H32N2O3. The largest absolute Gasteiger partial charge is 0.462 e. The van der Waals surface area contributed by atoms with E-state index in [1.54, 1.807) is 25.1 Å².